The van der Waals surface area contributed by atoms with Crippen LogP contribution >= 0.6 is 11.3 Å². The highest BCUT2D eigenvalue weighted by molar-refractivity contribution is 7.13. The van der Waals surface area contributed by atoms with E-state index in [9.17, 15) is 9.18 Å². The Morgan fingerprint density at radius 2 is 2.04 bits per heavy atom. The number of aromatic nitrogens is 1. The van der Waals surface area contributed by atoms with Crippen LogP contribution in [0, 0.1) is 5.82 Å². The highest BCUT2D eigenvalue weighted by atomic mass is 32.1. The molecule has 0 aliphatic carbocycles. The number of carbonyl (C=O) groups excluding carboxylic acids is 1. The number of thiazole rings is 1. The van der Waals surface area contributed by atoms with Gasteiger partial charge in [-0.15, -0.1) is 11.3 Å². The lowest BCUT2D eigenvalue weighted by atomic mass is 10.1. The van der Waals surface area contributed by atoms with E-state index in [-0.39, 0.29) is 24.1 Å². The Hall–Kier alpha value is -2.73. The van der Waals surface area contributed by atoms with Crippen molar-refractivity contribution in [1.29, 1.82) is 0 Å². The molecule has 3 rings (SSSR count). The molecule has 0 aliphatic heterocycles. The van der Waals surface area contributed by atoms with Gasteiger partial charge in [0.1, 0.15) is 5.01 Å². The van der Waals surface area contributed by atoms with Crippen LogP contribution in [0.5, 0.6) is 5.75 Å². The molecule has 0 saturated heterocycles. The van der Waals surface area contributed by atoms with Crippen molar-refractivity contribution in [3.05, 3.63) is 71.0 Å². The lowest BCUT2D eigenvalue weighted by Gasteiger charge is -2.15. The first-order valence-electron chi connectivity index (χ1n) is 8.19. The second kappa shape index (κ2) is 8.10. The normalized spacial score (nSPS) is 11.8. The van der Waals surface area contributed by atoms with Crippen LogP contribution in [0.1, 0.15) is 24.2 Å². The zero-order chi connectivity index (χ0) is 18.5. The molecule has 1 heterocycles. The van der Waals surface area contributed by atoms with Crippen LogP contribution < -0.4 is 10.1 Å². The van der Waals surface area contributed by atoms with Gasteiger partial charge in [-0.05, 0) is 24.6 Å². The quantitative estimate of drug-likeness (QED) is 0.701. The van der Waals surface area contributed by atoms with Gasteiger partial charge in [0, 0.05) is 10.9 Å². The van der Waals surface area contributed by atoms with E-state index < -0.39 is 5.82 Å². The molecule has 0 aliphatic rings. The number of methoxy groups -OCH3 is 1. The number of amides is 1. The molecule has 0 radical (unpaired) electrons. The molecule has 1 atom stereocenters. The Balaban J connectivity index is 1.62. The number of hydrogen-bond donors (Lipinski definition) is 1. The summed E-state index contributed by atoms with van der Waals surface area (Å²) >= 11 is 1.51. The van der Waals surface area contributed by atoms with Crippen molar-refractivity contribution in [1.82, 2.24) is 10.3 Å². The third-order valence-electron chi connectivity index (χ3n) is 3.97. The number of benzene rings is 2. The van der Waals surface area contributed by atoms with Gasteiger partial charge >= 0.3 is 0 Å². The molecular weight excluding hydrogens is 351 g/mol. The number of carbonyl (C=O) groups is 1. The van der Waals surface area contributed by atoms with E-state index in [2.05, 4.69) is 10.3 Å². The van der Waals surface area contributed by atoms with E-state index in [1.165, 1.54) is 24.5 Å². The standard InChI is InChI=1S/C20H19FN2O2S/c1-13(15-8-9-18(25-2)17(21)10-15)22-19(24)11-16-12-26-20(23-16)14-6-4-3-5-7-14/h3-10,12-13H,11H2,1-2H3,(H,22,24). The Kier molecular flexibility index (Phi) is 5.63. The summed E-state index contributed by atoms with van der Waals surface area (Å²) in [4.78, 5) is 16.8. The fraction of sp³-hybridized carbons (Fsp3) is 0.200. The molecule has 134 valence electrons. The molecule has 4 nitrogen and oxygen atoms in total. The molecule has 2 aromatic carbocycles. The summed E-state index contributed by atoms with van der Waals surface area (Å²) in [6.07, 6.45) is 0.187. The first-order valence-corrected chi connectivity index (χ1v) is 9.07. The number of ether oxygens (including phenoxy) is 1. The number of halogens is 1. The summed E-state index contributed by atoms with van der Waals surface area (Å²) in [5.41, 5.74) is 2.44. The van der Waals surface area contributed by atoms with Crippen molar-refractivity contribution in [2.45, 2.75) is 19.4 Å². The lowest BCUT2D eigenvalue weighted by Crippen LogP contribution is -2.28. The lowest BCUT2D eigenvalue weighted by molar-refractivity contribution is -0.121. The van der Waals surface area contributed by atoms with Crippen LogP contribution in [0.15, 0.2) is 53.9 Å². The fourth-order valence-electron chi connectivity index (χ4n) is 2.59. The summed E-state index contributed by atoms with van der Waals surface area (Å²) in [5.74, 6) is -0.417. The molecule has 0 fully saturated rings. The SMILES string of the molecule is COc1ccc(C(C)NC(=O)Cc2csc(-c3ccccc3)n2)cc1F. The van der Waals surface area contributed by atoms with Crippen LogP contribution in [0.4, 0.5) is 4.39 Å². The van der Waals surface area contributed by atoms with E-state index >= 15 is 0 Å². The molecule has 1 amide bonds. The maximum absolute atomic E-state index is 13.8. The minimum atomic E-state index is -0.446. The molecule has 1 unspecified atom stereocenters. The zero-order valence-corrected chi connectivity index (χ0v) is 15.3. The van der Waals surface area contributed by atoms with Crippen molar-refractivity contribution < 1.29 is 13.9 Å². The molecule has 0 spiro atoms. The van der Waals surface area contributed by atoms with Crippen molar-refractivity contribution in [2.75, 3.05) is 7.11 Å². The fourth-order valence-corrected chi connectivity index (χ4v) is 3.42. The number of nitrogens with one attached hydrogen (secondary N) is 1. The minimum absolute atomic E-state index is 0.154. The highest BCUT2D eigenvalue weighted by Gasteiger charge is 2.14. The molecule has 0 saturated carbocycles. The largest absolute Gasteiger partial charge is 0.494 e. The smallest absolute Gasteiger partial charge is 0.226 e. The molecule has 1 N–H and O–H groups in total. The second-order valence-corrected chi connectivity index (χ2v) is 6.73. The minimum Gasteiger partial charge on any atom is -0.494 e. The van der Waals surface area contributed by atoms with Crippen molar-refractivity contribution in [2.24, 2.45) is 0 Å². The van der Waals surface area contributed by atoms with E-state index in [1.54, 1.807) is 12.1 Å². The number of nitrogens with zero attached hydrogens (tertiary/aromatic N) is 1. The average molecular weight is 370 g/mol. The van der Waals surface area contributed by atoms with Crippen molar-refractivity contribution in [3.8, 4) is 16.3 Å². The molecule has 26 heavy (non-hydrogen) atoms. The Bertz CT molecular complexity index is 896. The maximum atomic E-state index is 13.8. The third-order valence-corrected chi connectivity index (χ3v) is 4.91. The van der Waals surface area contributed by atoms with E-state index in [4.69, 9.17) is 4.74 Å². The Morgan fingerprint density at radius 3 is 2.73 bits per heavy atom. The third kappa shape index (κ3) is 4.26. The zero-order valence-electron chi connectivity index (χ0n) is 14.5. The predicted molar refractivity (Wildman–Crippen MR) is 101 cm³/mol. The van der Waals surface area contributed by atoms with Crippen molar-refractivity contribution >= 4 is 17.2 Å². The topological polar surface area (TPSA) is 51.2 Å². The van der Waals surface area contributed by atoms with Crippen LogP contribution in [-0.4, -0.2) is 18.0 Å². The Morgan fingerprint density at radius 1 is 1.27 bits per heavy atom. The van der Waals surface area contributed by atoms with Gasteiger partial charge in [0.15, 0.2) is 11.6 Å². The van der Waals surface area contributed by atoms with Crippen LogP contribution in [0.25, 0.3) is 10.6 Å². The van der Waals surface area contributed by atoms with Gasteiger partial charge in [-0.3, -0.25) is 4.79 Å². The van der Waals surface area contributed by atoms with Gasteiger partial charge in [0.2, 0.25) is 5.91 Å². The number of rotatable bonds is 6. The summed E-state index contributed by atoms with van der Waals surface area (Å²) < 4.78 is 18.7. The van der Waals surface area contributed by atoms with Gasteiger partial charge in [0.05, 0.1) is 25.3 Å². The molecular formula is C20H19FN2O2S. The second-order valence-electron chi connectivity index (χ2n) is 5.87. The Labute approximate surface area is 155 Å². The van der Waals surface area contributed by atoms with Crippen LogP contribution in [0.2, 0.25) is 0 Å². The highest BCUT2D eigenvalue weighted by Crippen LogP contribution is 2.24. The van der Waals surface area contributed by atoms with Crippen LogP contribution in [0.3, 0.4) is 0 Å². The summed E-state index contributed by atoms with van der Waals surface area (Å²) in [5, 5.41) is 5.65. The first kappa shape index (κ1) is 18.1. The average Bonchev–Trinajstić information content (AvgIpc) is 3.10. The maximum Gasteiger partial charge on any atom is 0.226 e. The van der Waals surface area contributed by atoms with Gasteiger partial charge in [-0.1, -0.05) is 36.4 Å². The van der Waals surface area contributed by atoms with Gasteiger partial charge < -0.3 is 10.1 Å². The molecule has 6 heteroatoms. The van der Waals surface area contributed by atoms with Crippen LogP contribution in [-0.2, 0) is 11.2 Å². The molecule has 1 aromatic heterocycles. The monoisotopic (exact) mass is 370 g/mol. The van der Waals surface area contributed by atoms with E-state index in [0.29, 0.717) is 5.56 Å². The van der Waals surface area contributed by atoms with Gasteiger partial charge in [-0.2, -0.15) is 0 Å². The predicted octanol–water partition coefficient (Wildman–Crippen LogP) is 4.38. The molecule has 3 aromatic rings. The first-order chi connectivity index (χ1) is 12.6. The van der Waals surface area contributed by atoms with Gasteiger partial charge in [-0.25, -0.2) is 9.37 Å². The molecule has 0 bridgehead atoms. The van der Waals surface area contributed by atoms with E-state index in [1.807, 2.05) is 42.6 Å². The number of hydrogen-bond acceptors (Lipinski definition) is 4. The summed E-state index contributed by atoms with van der Waals surface area (Å²) in [7, 11) is 1.42. The van der Waals surface area contributed by atoms with Gasteiger partial charge in [0.25, 0.3) is 0 Å². The summed E-state index contributed by atoms with van der Waals surface area (Å²) in [6.45, 7) is 1.82. The summed E-state index contributed by atoms with van der Waals surface area (Å²) in [6, 6.07) is 14.2. The van der Waals surface area contributed by atoms with E-state index in [0.717, 1.165) is 16.3 Å². The van der Waals surface area contributed by atoms with Crippen molar-refractivity contribution in [3.63, 3.8) is 0 Å².